The number of carbonyl (C=O) groups excluding carboxylic acids is 2. The molecule has 6 nitrogen and oxygen atoms in total. The van der Waals surface area contributed by atoms with Gasteiger partial charge in [0.2, 0.25) is 0 Å². The number of unbranched alkanes of at least 4 members (excludes halogenated alkanes) is 1. The second-order valence-corrected chi connectivity index (χ2v) is 6.87. The van der Waals surface area contributed by atoms with E-state index in [4.69, 9.17) is 11.6 Å². The average molecular weight is 527 g/mol. The number of imide groups is 1. The Morgan fingerprint density at radius 3 is 2.21 bits per heavy atom. The van der Waals surface area contributed by atoms with Gasteiger partial charge < -0.3 is 10.6 Å². The number of aliphatic imine (C=N–C) groups is 1. The Morgan fingerprint density at radius 1 is 0.966 bits per heavy atom. The Morgan fingerprint density at radius 2 is 1.59 bits per heavy atom. The molecule has 0 saturated heterocycles. The summed E-state index contributed by atoms with van der Waals surface area (Å²) in [6.07, 6.45) is 1.53. The molecule has 154 valence electrons. The third kappa shape index (κ3) is 5.70. The molecule has 2 amide bonds. The summed E-state index contributed by atoms with van der Waals surface area (Å²) in [6, 6.07) is 14.6. The van der Waals surface area contributed by atoms with E-state index in [1.807, 2.05) is 24.3 Å². The molecule has 0 radical (unpaired) electrons. The second kappa shape index (κ2) is 11.2. The summed E-state index contributed by atoms with van der Waals surface area (Å²) < 4.78 is 0. The van der Waals surface area contributed by atoms with E-state index in [9.17, 15) is 9.59 Å². The molecule has 1 heterocycles. The summed E-state index contributed by atoms with van der Waals surface area (Å²) in [5.74, 6) is 0.275. The minimum Gasteiger partial charge on any atom is -0.356 e. The molecule has 0 saturated carbocycles. The minimum absolute atomic E-state index is 0. The van der Waals surface area contributed by atoms with Gasteiger partial charge in [-0.3, -0.25) is 19.5 Å². The van der Waals surface area contributed by atoms with E-state index in [-0.39, 0.29) is 35.8 Å². The van der Waals surface area contributed by atoms with Crippen LogP contribution in [-0.2, 0) is 6.54 Å². The van der Waals surface area contributed by atoms with Crippen LogP contribution < -0.4 is 10.6 Å². The van der Waals surface area contributed by atoms with Crippen LogP contribution in [0.4, 0.5) is 0 Å². The topological polar surface area (TPSA) is 73.8 Å². The number of rotatable bonds is 7. The van der Waals surface area contributed by atoms with Crippen molar-refractivity contribution in [1.29, 1.82) is 0 Å². The van der Waals surface area contributed by atoms with Crippen LogP contribution in [0.25, 0.3) is 0 Å². The molecule has 29 heavy (non-hydrogen) atoms. The van der Waals surface area contributed by atoms with Crippen LogP contribution in [0.1, 0.15) is 39.1 Å². The van der Waals surface area contributed by atoms with Gasteiger partial charge in [0.1, 0.15) is 0 Å². The first kappa shape index (κ1) is 23.2. The number of benzene rings is 2. The van der Waals surface area contributed by atoms with E-state index >= 15 is 0 Å². The van der Waals surface area contributed by atoms with Gasteiger partial charge in [0, 0.05) is 31.7 Å². The van der Waals surface area contributed by atoms with Gasteiger partial charge in [-0.2, -0.15) is 0 Å². The van der Waals surface area contributed by atoms with E-state index in [0.29, 0.717) is 41.7 Å². The van der Waals surface area contributed by atoms with Gasteiger partial charge in [-0.1, -0.05) is 41.9 Å². The van der Waals surface area contributed by atoms with Crippen molar-refractivity contribution in [3.05, 3.63) is 70.2 Å². The van der Waals surface area contributed by atoms with Gasteiger partial charge in [-0.05, 0) is 36.6 Å². The molecule has 0 atom stereocenters. The molecule has 2 aromatic carbocycles. The monoisotopic (exact) mass is 526 g/mol. The van der Waals surface area contributed by atoms with E-state index in [2.05, 4.69) is 15.6 Å². The van der Waals surface area contributed by atoms with Crippen LogP contribution in [0.5, 0.6) is 0 Å². The van der Waals surface area contributed by atoms with E-state index in [1.54, 1.807) is 31.3 Å². The highest BCUT2D eigenvalue weighted by Gasteiger charge is 2.34. The highest BCUT2D eigenvalue weighted by Crippen LogP contribution is 2.22. The molecule has 0 aliphatic carbocycles. The van der Waals surface area contributed by atoms with Crippen LogP contribution in [0.2, 0.25) is 5.02 Å². The maximum atomic E-state index is 12.3. The molecule has 2 N–H and O–H groups in total. The smallest absolute Gasteiger partial charge is 0.261 e. The van der Waals surface area contributed by atoms with E-state index in [1.165, 1.54) is 4.90 Å². The standard InChI is InChI=1S/C21H23ClN4O2.HI/c1-23-21(25-14-15-8-2-5-11-18(15)22)24-12-6-7-13-26-19(27)16-9-3-4-10-17(16)20(26)28;/h2-5,8-11H,6-7,12-14H2,1H3,(H2,23,24,25);1H. The zero-order valence-electron chi connectivity index (χ0n) is 16.2. The first-order chi connectivity index (χ1) is 13.6. The third-order valence-electron chi connectivity index (χ3n) is 4.61. The van der Waals surface area contributed by atoms with Gasteiger partial charge in [0.15, 0.2) is 5.96 Å². The van der Waals surface area contributed by atoms with Crippen molar-refractivity contribution in [2.24, 2.45) is 4.99 Å². The van der Waals surface area contributed by atoms with E-state index in [0.717, 1.165) is 18.4 Å². The van der Waals surface area contributed by atoms with Crippen molar-refractivity contribution in [2.45, 2.75) is 19.4 Å². The van der Waals surface area contributed by atoms with Gasteiger partial charge in [-0.15, -0.1) is 24.0 Å². The Balaban J connectivity index is 0.00000300. The lowest BCUT2D eigenvalue weighted by atomic mass is 10.1. The summed E-state index contributed by atoms with van der Waals surface area (Å²) in [7, 11) is 1.71. The van der Waals surface area contributed by atoms with Crippen LogP contribution in [0, 0.1) is 0 Å². The molecular formula is C21H24ClIN4O2. The van der Waals surface area contributed by atoms with Crippen LogP contribution >= 0.6 is 35.6 Å². The SMILES string of the molecule is CN=C(NCCCCN1C(=O)c2ccccc2C1=O)NCc1ccccc1Cl.I. The molecule has 0 unspecified atom stereocenters. The van der Waals surface area contributed by atoms with Gasteiger partial charge >= 0.3 is 0 Å². The first-order valence-electron chi connectivity index (χ1n) is 9.25. The zero-order chi connectivity index (χ0) is 19.9. The highest BCUT2D eigenvalue weighted by molar-refractivity contribution is 14.0. The molecular weight excluding hydrogens is 503 g/mol. The lowest BCUT2D eigenvalue weighted by molar-refractivity contribution is 0.0652. The van der Waals surface area contributed by atoms with Crippen molar-refractivity contribution in [2.75, 3.05) is 20.1 Å². The Labute approximate surface area is 192 Å². The maximum absolute atomic E-state index is 12.3. The fourth-order valence-corrected chi connectivity index (χ4v) is 3.29. The largest absolute Gasteiger partial charge is 0.356 e. The van der Waals surface area contributed by atoms with Crippen molar-refractivity contribution >= 4 is 53.4 Å². The lowest BCUT2D eigenvalue weighted by Crippen LogP contribution is -2.37. The molecule has 0 aromatic heterocycles. The van der Waals surface area contributed by atoms with Crippen molar-refractivity contribution in [3.8, 4) is 0 Å². The van der Waals surface area contributed by atoms with Crippen molar-refractivity contribution in [1.82, 2.24) is 15.5 Å². The predicted molar refractivity (Wildman–Crippen MR) is 126 cm³/mol. The number of nitrogens with zero attached hydrogens (tertiary/aromatic N) is 2. The number of halogens is 2. The molecule has 0 fully saturated rings. The number of fused-ring (bicyclic) bond motifs is 1. The lowest BCUT2D eigenvalue weighted by Gasteiger charge is -2.15. The van der Waals surface area contributed by atoms with Crippen molar-refractivity contribution < 1.29 is 9.59 Å². The van der Waals surface area contributed by atoms with Gasteiger partial charge in [-0.25, -0.2) is 0 Å². The number of amides is 2. The summed E-state index contributed by atoms with van der Waals surface area (Å²) in [4.78, 5) is 30.2. The number of hydrogen-bond donors (Lipinski definition) is 2. The fraction of sp³-hybridized carbons (Fsp3) is 0.286. The normalized spacial score (nSPS) is 13.2. The molecule has 0 spiro atoms. The van der Waals surface area contributed by atoms with Gasteiger partial charge in [0.05, 0.1) is 11.1 Å². The highest BCUT2D eigenvalue weighted by atomic mass is 127. The number of carbonyl (C=O) groups is 2. The molecule has 0 bridgehead atoms. The second-order valence-electron chi connectivity index (χ2n) is 6.46. The number of nitrogens with one attached hydrogen (secondary N) is 2. The Kier molecular flexibility index (Phi) is 8.91. The minimum atomic E-state index is -0.203. The molecule has 1 aliphatic heterocycles. The Bertz CT molecular complexity index is 869. The average Bonchev–Trinajstić information content (AvgIpc) is 2.96. The number of hydrogen-bond acceptors (Lipinski definition) is 3. The first-order valence-corrected chi connectivity index (χ1v) is 9.62. The predicted octanol–water partition coefficient (Wildman–Crippen LogP) is 3.70. The van der Waals surface area contributed by atoms with E-state index < -0.39 is 0 Å². The number of guanidine groups is 1. The third-order valence-corrected chi connectivity index (χ3v) is 4.98. The fourth-order valence-electron chi connectivity index (χ4n) is 3.09. The van der Waals surface area contributed by atoms with Crippen LogP contribution in [0.3, 0.4) is 0 Å². The molecule has 1 aliphatic rings. The maximum Gasteiger partial charge on any atom is 0.261 e. The van der Waals surface area contributed by atoms with Gasteiger partial charge in [0.25, 0.3) is 11.8 Å². The summed E-state index contributed by atoms with van der Waals surface area (Å²) >= 11 is 6.16. The molecule has 2 aromatic rings. The summed E-state index contributed by atoms with van der Waals surface area (Å²) in [5, 5.41) is 7.17. The van der Waals surface area contributed by atoms with Crippen LogP contribution in [-0.4, -0.2) is 42.8 Å². The Hall–Kier alpha value is -2.13. The summed E-state index contributed by atoms with van der Waals surface area (Å²) in [6.45, 7) is 1.68. The van der Waals surface area contributed by atoms with Crippen LogP contribution in [0.15, 0.2) is 53.5 Å². The zero-order valence-corrected chi connectivity index (χ0v) is 19.2. The quantitative estimate of drug-likeness (QED) is 0.190. The molecule has 8 heteroatoms. The summed E-state index contributed by atoms with van der Waals surface area (Å²) in [5.41, 5.74) is 1.99. The van der Waals surface area contributed by atoms with Crippen molar-refractivity contribution in [3.63, 3.8) is 0 Å². The molecule has 3 rings (SSSR count).